The number of amides is 1. The third-order valence-electron chi connectivity index (χ3n) is 2.46. The Morgan fingerprint density at radius 2 is 2.22 bits per heavy atom. The Morgan fingerprint density at radius 3 is 2.83 bits per heavy atom. The number of aryl methyl sites for hydroxylation is 1. The molecule has 0 aliphatic carbocycles. The van der Waals surface area contributed by atoms with E-state index in [1.165, 1.54) is 0 Å². The third kappa shape index (κ3) is 5.08. The number of alkyl halides is 1. The highest BCUT2D eigenvalue weighted by molar-refractivity contribution is 9.10. The van der Waals surface area contributed by atoms with Crippen molar-refractivity contribution in [1.82, 2.24) is 5.32 Å². The zero-order valence-corrected chi connectivity index (χ0v) is 13.7. The Hall–Kier alpha value is -0.390. The summed E-state index contributed by atoms with van der Waals surface area (Å²) in [6, 6.07) is 5.69. The van der Waals surface area contributed by atoms with E-state index in [4.69, 9.17) is 4.74 Å². The van der Waals surface area contributed by atoms with Gasteiger partial charge in [-0.15, -0.1) is 0 Å². The van der Waals surface area contributed by atoms with Crippen LogP contribution in [-0.2, 0) is 4.74 Å². The zero-order chi connectivity index (χ0) is 13.5. The molecule has 5 heteroatoms. The first-order chi connectivity index (χ1) is 8.54. The maximum Gasteiger partial charge on any atom is 0.252 e. The molecule has 0 aromatic heterocycles. The highest BCUT2D eigenvalue weighted by Crippen LogP contribution is 2.18. The van der Waals surface area contributed by atoms with E-state index >= 15 is 0 Å². The SMILES string of the molecule is COCC(Br)CCNC(=O)c1ccc(C)cc1Br. The normalized spacial score (nSPS) is 12.2. The number of halogens is 2. The standard InChI is InChI=1S/C13H17Br2NO2/c1-9-3-4-11(12(15)7-9)13(17)16-6-5-10(14)8-18-2/h3-4,7,10H,5-6,8H2,1-2H3,(H,16,17). The summed E-state index contributed by atoms with van der Waals surface area (Å²) >= 11 is 6.89. The average Bonchev–Trinajstić information content (AvgIpc) is 2.29. The van der Waals surface area contributed by atoms with Crippen LogP contribution in [0.5, 0.6) is 0 Å². The number of nitrogens with one attached hydrogen (secondary N) is 1. The first-order valence-corrected chi connectivity index (χ1v) is 7.43. The van der Waals surface area contributed by atoms with Gasteiger partial charge in [0.2, 0.25) is 0 Å². The molecular weight excluding hydrogens is 362 g/mol. The van der Waals surface area contributed by atoms with Crippen molar-refractivity contribution in [3.63, 3.8) is 0 Å². The Labute approximate surface area is 125 Å². The van der Waals surface area contributed by atoms with Crippen molar-refractivity contribution in [2.45, 2.75) is 18.2 Å². The van der Waals surface area contributed by atoms with E-state index in [0.29, 0.717) is 18.7 Å². The molecule has 1 unspecified atom stereocenters. The van der Waals surface area contributed by atoms with Gasteiger partial charge in [0.1, 0.15) is 0 Å². The van der Waals surface area contributed by atoms with Gasteiger partial charge in [0.25, 0.3) is 5.91 Å². The number of benzene rings is 1. The van der Waals surface area contributed by atoms with Crippen LogP contribution in [-0.4, -0.2) is 31.0 Å². The monoisotopic (exact) mass is 377 g/mol. The third-order valence-corrected chi connectivity index (χ3v) is 3.84. The fourth-order valence-corrected chi connectivity index (χ4v) is 2.67. The minimum absolute atomic E-state index is 0.0565. The van der Waals surface area contributed by atoms with Crippen molar-refractivity contribution < 1.29 is 9.53 Å². The first-order valence-electron chi connectivity index (χ1n) is 5.72. The number of carbonyl (C=O) groups is 1. The fourth-order valence-electron chi connectivity index (χ4n) is 1.51. The van der Waals surface area contributed by atoms with Gasteiger partial charge in [-0.2, -0.15) is 0 Å². The second kappa shape index (κ2) is 7.92. The van der Waals surface area contributed by atoms with E-state index in [9.17, 15) is 4.79 Å². The summed E-state index contributed by atoms with van der Waals surface area (Å²) in [7, 11) is 1.66. The molecule has 1 rings (SSSR count). The molecule has 0 spiro atoms. The highest BCUT2D eigenvalue weighted by atomic mass is 79.9. The van der Waals surface area contributed by atoms with Crippen LogP contribution in [0.25, 0.3) is 0 Å². The molecule has 1 amide bonds. The van der Waals surface area contributed by atoms with Crippen LogP contribution in [0.2, 0.25) is 0 Å². The summed E-state index contributed by atoms with van der Waals surface area (Å²) in [6.07, 6.45) is 0.836. The van der Waals surface area contributed by atoms with Crippen molar-refractivity contribution in [3.05, 3.63) is 33.8 Å². The van der Waals surface area contributed by atoms with E-state index in [1.807, 2.05) is 25.1 Å². The van der Waals surface area contributed by atoms with Crippen LogP contribution in [0.3, 0.4) is 0 Å². The molecule has 0 aliphatic heterocycles. The summed E-state index contributed by atoms with van der Waals surface area (Å²) in [5.74, 6) is -0.0565. The van der Waals surface area contributed by atoms with Crippen LogP contribution in [0.1, 0.15) is 22.3 Å². The molecule has 0 saturated carbocycles. The number of rotatable bonds is 6. The summed E-state index contributed by atoms with van der Waals surface area (Å²) in [5, 5.41) is 2.89. The van der Waals surface area contributed by atoms with Crippen molar-refractivity contribution in [1.29, 1.82) is 0 Å². The van der Waals surface area contributed by atoms with Gasteiger partial charge in [0, 0.05) is 23.0 Å². The van der Waals surface area contributed by atoms with Crippen LogP contribution in [0.15, 0.2) is 22.7 Å². The average molecular weight is 379 g/mol. The molecule has 0 saturated heterocycles. The molecular formula is C13H17Br2NO2. The summed E-state index contributed by atoms with van der Waals surface area (Å²) in [5.41, 5.74) is 1.79. The smallest absolute Gasteiger partial charge is 0.252 e. The van der Waals surface area contributed by atoms with Crippen LogP contribution >= 0.6 is 31.9 Å². The Balaban J connectivity index is 2.45. The lowest BCUT2D eigenvalue weighted by Crippen LogP contribution is -2.27. The predicted octanol–water partition coefficient (Wildman–Crippen LogP) is 3.29. The minimum atomic E-state index is -0.0565. The second-order valence-electron chi connectivity index (χ2n) is 4.08. The highest BCUT2D eigenvalue weighted by Gasteiger charge is 2.10. The molecule has 0 aliphatic rings. The minimum Gasteiger partial charge on any atom is -0.384 e. The fraction of sp³-hybridized carbons (Fsp3) is 0.462. The molecule has 100 valence electrons. The lowest BCUT2D eigenvalue weighted by atomic mass is 10.1. The largest absolute Gasteiger partial charge is 0.384 e. The quantitative estimate of drug-likeness (QED) is 0.771. The van der Waals surface area contributed by atoms with Crippen LogP contribution in [0, 0.1) is 6.92 Å². The Morgan fingerprint density at radius 1 is 1.50 bits per heavy atom. The molecule has 18 heavy (non-hydrogen) atoms. The molecule has 0 fully saturated rings. The van der Waals surface area contributed by atoms with Gasteiger partial charge in [-0.05, 0) is 47.0 Å². The van der Waals surface area contributed by atoms with Gasteiger partial charge < -0.3 is 10.1 Å². The lowest BCUT2D eigenvalue weighted by molar-refractivity contribution is 0.0951. The molecule has 0 radical (unpaired) electrons. The number of ether oxygens (including phenoxy) is 1. The summed E-state index contributed by atoms with van der Waals surface area (Å²) in [4.78, 5) is 12.2. The van der Waals surface area contributed by atoms with Crippen molar-refractivity contribution in [2.24, 2.45) is 0 Å². The number of carbonyl (C=O) groups excluding carboxylic acids is 1. The number of methoxy groups -OCH3 is 1. The van der Waals surface area contributed by atoms with E-state index in [0.717, 1.165) is 16.5 Å². The molecule has 1 atom stereocenters. The Bertz CT molecular complexity index is 410. The van der Waals surface area contributed by atoms with Crippen molar-refractivity contribution >= 4 is 37.8 Å². The van der Waals surface area contributed by atoms with E-state index in [1.54, 1.807) is 7.11 Å². The van der Waals surface area contributed by atoms with Gasteiger partial charge in [0.05, 0.1) is 12.2 Å². The van der Waals surface area contributed by atoms with Crippen molar-refractivity contribution in [2.75, 3.05) is 20.3 Å². The summed E-state index contributed by atoms with van der Waals surface area (Å²) in [6.45, 7) is 3.26. The van der Waals surface area contributed by atoms with Gasteiger partial charge >= 0.3 is 0 Å². The lowest BCUT2D eigenvalue weighted by Gasteiger charge is -2.10. The molecule has 1 N–H and O–H groups in total. The molecule has 0 heterocycles. The molecule has 1 aromatic rings. The van der Waals surface area contributed by atoms with E-state index in [-0.39, 0.29) is 10.7 Å². The van der Waals surface area contributed by atoms with Crippen LogP contribution in [0.4, 0.5) is 0 Å². The topological polar surface area (TPSA) is 38.3 Å². The number of hydrogen-bond donors (Lipinski definition) is 1. The first kappa shape index (κ1) is 15.7. The maximum atomic E-state index is 11.9. The summed E-state index contributed by atoms with van der Waals surface area (Å²) < 4.78 is 5.84. The van der Waals surface area contributed by atoms with Gasteiger partial charge in [-0.3, -0.25) is 4.79 Å². The van der Waals surface area contributed by atoms with Crippen LogP contribution < -0.4 is 5.32 Å². The maximum absolute atomic E-state index is 11.9. The zero-order valence-electron chi connectivity index (χ0n) is 10.5. The van der Waals surface area contributed by atoms with Crippen molar-refractivity contribution in [3.8, 4) is 0 Å². The molecule has 1 aromatic carbocycles. The predicted molar refractivity (Wildman–Crippen MR) is 80.4 cm³/mol. The van der Waals surface area contributed by atoms with Gasteiger partial charge in [0.15, 0.2) is 0 Å². The second-order valence-corrected chi connectivity index (χ2v) is 6.23. The molecule has 0 bridgehead atoms. The van der Waals surface area contributed by atoms with Gasteiger partial charge in [-0.25, -0.2) is 0 Å². The molecule has 3 nitrogen and oxygen atoms in total. The Kier molecular flexibility index (Phi) is 6.89. The van der Waals surface area contributed by atoms with Gasteiger partial charge in [-0.1, -0.05) is 22.0 Å². The van der Waals surface area contributed by atoms with E-state index in [2.05, 4.69) is 37.2 Å². The number of hydrogen-bond acceptors (Lipinski definition) is 2. The van der Waals surface area contributed by atoms with E-state index < -0.39 is 0 Å².